The molecule has 2 aromatic heterocycles. The molecule has 3 aromatic rings. The molecule has 0 fully saturated rings. The third-order valence-electron chi connectivity index (χ3n) is 3.95. The molecule has 3 rings (SSSR count). The Hall–Kier alpha value is -3.25. The molecule has 0 aliphatic carbocycles. The molecule has 2 radical (unpaired) electrons. The van der Waals surface area contributed by atoms with Crippen molar-refractivity contribution in [3.05, 3.63) is 53.8 Å². The van der Waals surface area contributed by atoms with Crippen LogP contribution in [0.3, 0.4) is 0 Å². The van der Waals surface area contributed by atoms with Gasteiger partial charge in [0.1, 0.15) is 16.8 Å². The highest BCUT2D eigenvalue weighted by Gasteiger charge is 2.21. The summed E-state index contributed by atoms with van der Waals surface area (Å²) in [6.45, 7) is 0.0235. The minimum atomic E-state index is -0.676. The topological polar surface area (TPSA) is 91.9 Å². The first kappa shape index (κ1) is 19.5. The molecule has 0 bridgehead atoms. The molecular formula is C19H16BN5O2S. The number of carbonyl (C=O) groups is 2. The number of benzene rings is 1. The van der Waals surface area contributed by atoms with Crippen LogP contribution in [-0.4, -0.2) is 52.3 Å². The lowest BCUT2D eigenvalue weighted by Gasteiger charge is -2.19. The van der Waals surface area contributed by atoms with Crippen molar-refractivity contribution >= 4 is 30.9 Å². The lowest BCUT2D eigenvalue weighted by Crippen LogP contribution is -2.36. The summed E-state index contributed by atoms with van der Waals surface area (Å²) >= 11 is 1.32. The molecule has 1 amide bonds. The van der Waals surface area contributed by atoms with E-state index in [-0.39, 0.29) is 12.2 Å². The number of nitrogens with zero attached hydrogens (tertiary/aromatic N) is 5. The first-order chi connectivity index (χ1) is 13.6. The first-order valence-electron chi connectivity index (χ1n) is 8.60. The lowest BCUT2D eigenvalue weighted by molar-refractivity contribution is -0.114. The van der Waals surface area contributed by atoms with Crippen molar-refractivity contribution in [3.63, 3.8) is 0 Å². The predicted molar refractivity (Wildman–Crippen MR) is 106 cm³/mol. The Morgan fingerprint density at radius 2 is 2.07 bits per heavy atom. The Morgan fingerprint density at radius 3 is 2.79 bits per heavy atom. The van der Waals surface area contributed by atoms with Crippen LogP contribution in [0.1, 0.15) is 16.9 Å². The van der Waals surface area contributed by atoms with Crippen LogP contribution in [0, 0.1) is 11.3 Å². The number of aromatic nitrogens is 3. The van der Waals surface area contributed by atoms with Gasteiger partial charge < -0.3 is 4.90 Å². The zero-order valence-corrected chi connectivity index (χ0v) is 15.8. The van der Waals surface area contributed by atoms with Gasteiger partial charge in [0.15, 0.2) is 0 Å². The third kappa shape index (κ3) is 4.53. The van der Waals surface area contributed by atoms with Crippen LogP contribution >= 0.6 is 11.3 Å². The van der Waals surface area contributed by atoms with E-state index >= 15 is 0 Å². The average Bonchev–Trinajstić information content (AvgIpc) is 3.40. The Balaban J connectivity index is 1.79. The summed E-state index contributed by atoms with van der Waals surface area (Å²) in [5.74, 6) is -1.07. The highest BCUT2D eigenvalue weighted by Crippen LogP contribution is 2.25. The van der Waals surface area contributed by atoms with E-state index in [2.05, 4.69) is 10.1 Å². The van der Waals surface area contributed by atoms with Crippen LogP contribution in [0.5, 0.6) is 0 Å². The number of carbonyl (C=O) groups excluding carboxylic acids is 2. The van der Waals surface area contributed by atoms with Crippen molar-refractivity contribution in [2.45, 2.75) is 12.7 Å². The Bertz CT molecular complexity index is 1010. The fraction of sp³-hybridized carbons (Fsp3) is 0.211. The first-order valence-corrected chi connectivity index (χ1v) is 9.48. The van der Waals surface area contributed by atoms with Crippen molar-refractivity contribution in [3.8, 4) is 22.3 Å². The molecule has 1 aromatic carbocycles. The van der Waals surface area contributed by atoms with E-state index in [0.29, 0.717) is 24.3 Å². The molecule has 9 heteroatoms. The van der Waals surface area contributed by atoms with Crippen molar-refractivity contribution in [1.29, 1.82) is 5.26 Å². The molecule has 2 heterocycles. The number of ketones is 1. The monoisotopic (exact) mass is 389 g/mol. The number of amides is 1. The fourth-order valence-corrected chi connectivity index (χ4v) is 3.33. The molecule has 0 N–H and O–H groups in total. The number of thiazole rings is 1. The summed E-state index contributed by atoms with van der Waals surface area (Å²) in [5, 5.41) is 15.4. The highest BCUT2D eigenvalue weighted by molar-refractivity contribution is 7.13. The molecule has 0 unspecified atom stereocenters. The number of para-hydroxylation sites is 1. The van der Waals surface area contributed by atoms with E-state index in [1.807, 2.05) is 36.5 Å². The number of hydrogen-bond donors (Lipinski definition) is 0. The minimum absolute atomic E-state index is 0.232. The van der Waals surface area contributed by atoms with E-state index in [1.54, 1.807) is 16.3 Å². The molecular weight excluding hydrogens is 373 g/mol. The maximum Gasteiger partial charge on any atom is 0.273 e. The van der Waals surface area contributed by atoms with Crippen LogP contribution in [-0.2, 0) is 4.79 Å². The van der Waals surface area contributed by atoms with Gasteiger partial charge >= 0.3 is 0 Å². The van der Waals surface area contributed by atoms with Crippen LogP contribution in [0.2, 0.25) is 6.32 Å². The van der Waals surface area contributed by atoms with Gasteiger partial charge in [0.2, 0.25) is 0 Å². The second kappa shape index (κ2) is 9.10. The van der Waals surface area contributed by atoms with Crippen molar-refractivity contribution in [2.75, 3.05) is 13.1 Å². The Morgan fingerprint density at radius 1 is 1.29 bits per heavy atom. The quantitative estimate of drug-likeness (QED) is 0.436. The highest BCUT2D eigenvalue weighted by atomic mass is 32.1. The van der Waals surface area contributed by atoms with Gasteiger partial charge in [-0.25, -0.2) is 9.67 Å². The van der Waals surface area contributed by atoms with Gasteiger partial charge in [-0.05, 0) is 18.6 Å². The summed E-state index contributed by atoms with van der Waals surface area (Å²) < 4.78 is 1.73. The van der Waals surface area contributed by atoms with Crippen LogP contribution in [0.4, 0.5) is 0 Å². The lowest BCUT2D eigenvalue weighted by atomic mass is 10.0. The van der Waals surface area contributed by atoms with Crippen LogP contribution in [0.15, 0.2) is 48.1 Å². The van der Waals surface area contributed by atoms with Crippen molar-refractivity contribution in [1.82, 2.24) is 19.7 Å². The normalized spacial score (nSPS) is 10.4. The second-order valence-corrected chi connectivity index (χ2v) is 6.81. The number of hydrogen-bond acceptors (Lipinski definition) is 6. The van der Waals surface area contributed by atoms with Gasteiger partial charge in [-0.3, -0.25) is 9.59 Å². The molecule has 28 heavy (non-hydrogen) atoms. The van der Waals surface area contributed by atoms with Gasteiger partial charge in [0.25, 0.3) is 11.7 Å². The third-order valence-corrected chi connectivity index (χ3v) is 4.84. The molecule has 0 saturated carbocycles. The molecule has 0 atom stereocenters. The number of Topliss-reactive ketones (excluding diaryl/α,β-unsaturated/α-hetero) is 1. The van der Waals surface area contributed by atoms with Crippen molar-refractivity contribution < 1.29 is 9.59 Å². The molecule has 0 saturated heterocycles. The summed E-state index contributed by atoms with van der Waals surface area (Å²) in [6, 6.07) is 11.2. The van der Waals surface area contributed by atoms with Crippen molar-refractivity contribution in [2.24, 2.45) is 0 Å². The molecule has 0 spiro atoms. The SMILES string of the molecule is [B]CCCN(CC(=O)C#N)C(=O)c1csc(-c2cnn(-c3ccccc3)c2)n1. The minimum Gasteiger partial charge on any atom is -0.329 e. The summed E-state index contributed by atoms with van der Waals surface area (Å²) in [4.78, 5) is 29.9. The van der Waals surface area contributed by atoms with Gasteiger partial charge in [-0.2, -0.15) is 10.4 Å². The molecule has 0 aliphatic heterocycles. The van der Waals surface area contributed by atoms with Gasteiger partial charge in [0, 0.05) is 23.7 Å². The predicted octanol–water partition coefficient (Wildman–Crippen LogP) is 2.51. The Kier molecular flexibility index (Phi) is 6.35. The fourth-order valence-electron chi connectivity index (χ4n) is 2.56. The summed E-state index contributed by atoms with van der Waals surface area (Å²) in [7, 11) is 5.50. The number of nitriles is 1. The van der Waals surface area contributed by atoms with Crippen LogP contribution < -0.4 is 0 Å². The average molecular weight is 389 g/mol. The standard InChI is InChI=1S/C19H16BN5O2S/c20-7-4-8-24(12-16(26)9-21)19(27)17-13-28-18(23-17)14-10-22-25(11-14)15-5-2-1-3-6-15/h1-3,5-6,10-11,13H,4,7-8,12H2. The zero-order chi connectivity index (χ0) is 19.9. The second-order valence-electron chi connectivity index (χ2n) is 5.95. The largest absolute Gasteiger partial charge is 0.329 e. The maximum atomic E-state index is 12.7. The molecule has 0 aliphatic rings. The smallest absolute Gasteiger partial charge is 0.273 e. The van der Waals surface area contributed by atoms with Gasteiger partial charge in [0.05, 0.1) is 26.3 Å². The van der Waals surface area contributed by atoms with Gasteiger partial charge in [-0.1, -0.05) is 24.5 Å². The maximum absolute atomic E-state index is 12.7. The van der Waals surface area contributed by atoms with E-state index in [4.69, 9.17) is 13.1 Å². The molecule has 138 valence electrons. The van der Waals surface area contributed by atoms with E-state index in [0.717, 1.165) is 11.3 Å². The van der Waals surface area contributed by atoms with E-state index < -0.39 is 11.7 Å². The van der Waals surface area contributed by atoms with E-state index in [9.17, 15) is 9.59 Å². The molecule has 7 nitrogen and oxygen atoms in total. The van der Waals surface area contributed by atoms with Gasteiger partial charge in [-0.15, -0.1) is 11.3 Å². The Labute approximate surface area is 167 Å². The summed E-state index contributed by atoms with van der Waals surface area (Å²) in [6.07, 6.45) is 4.44. The summed E-state index contributed by atoms with van der Waals surface area (Å²) in [5.41, 5.74) is 1.94. The zero-order valence-electron chi connectivity index (χ0n) is 15.0. The van der Waals surface area contributed by atoms with E-state index in [1.165, 1.54) is 22.3 Å². The number of rotatable bonds is 8. The van der Waals surface area contributed by atoms with Crippen LogP contribution in [0.25, 0.3) is 16.3 Å².